The maximum atomic E-state index is 13.2. The summed E-state index contributed by atoms with van der Waals surface area (Å²) in [6.07, 6.45) is 0. The van der Waals surface area contributed by atoms with Gasteiger partial charge in [-0.2, -0.15) is 0 Å². The molecule has 0 aliphatic rings. The zero-order valence-corrected chi connectivity index (χ0v) is 19.3. The molecule has 0 aliphatic heterocycles. The monoisotopic (exact) mass is 476 g/mol. The number of benzene rings is 3. The van der Waals surface area contributed by atoms with Crippen LogP contribution in [-0.2, 0) is 16.6 Å². The van der Waals surface area contributed by atoms with Crippen LogP contribution in [0.25, 0.3) is 21.9 Å². The van der Waals surface area contributed by atoms with E-state index >= 15 is 0 Å². The van der Waals surface area contributed by atoms with Crippen LogP contribution < -0.4 is 15.6 Å². The first-order valence-corrected chi connectivity index (χ1v) is 10.8. The van der Waals surface area contributed by atoms with Crippen LogP contribution in [0.5, 0.6) is 5.75 Å². The van der Waals surface area contributed by atoms with Gasteiger partial charge in [0, 0.05) is 34.8 Å². The smallest absolute Gasteiger partial charge is 0.356 e. The number of amides is 1. The SMILES string of the molecule is COc1cccc(NC(=O)COC(=O)c2c(-c3ccc(Cl)cc3)c3ccccc3c(=O)n2C)c1. The first kappa shape index (κ1) is 23.1. The summed E-state index contributed by atoms with van der Waals surface area (Å²) in [6, 6.07) is 20.8. The largest absolute Gasteiger partial charge is 0.497 e. The summed E-state index contributed by atoms with van der Waals surface area (Å²) in [5.74, 6) is -0.745. The fourth-order valence-electron chi connectivity index (χ4n) is 3.71. The molecule has 1 aromatic heterocycles. The summed E-state index contributed by atoms with van der Waals surface area (Å²) >= 11 is 6.05. The highest BCUT2D eigenvalue weighted by Gasteiger charge is 2.23. The number of nitrogens with zero attached hydrogens (tertiary/aromatic N) is 1. The van der Waals surface area contributed by atoms with Crippen LogP contribution in [0.3, 0.4) is 0 Å². The summed E-state index contributed by atoms with van der Waals surface area (Å²) < 4.78 is 11.7. The third kappa shape index (κ3) is 4.65. The minimum atomic E-state index is -0.795. The van der Waals surface area contributed by atoms with E-state index in [1.807, 2.05) is 0 Å². The number of carbonyl (C=O) groups excluding carboxylic acids is 2. The van der Waals surface area contributed by atoms with Crippen LogP contribution in [-0.4, -0.2) is 30.2 Å². The van der Waals surface area contributed by atoms with Gasteiger partial charge < -0.3 is 19.4 Å². The lowest BCUT2D eigenvalue weighted by molar-refractivity contribution is -0.119. The number of methoxy groups -OCH3 is 1. The number of hydrogen-bond acceptors (Lipinski definition) is 5. The highest BCUT2D eigenvalue weighted by atomic mass is 35.5. The number of hydrogen-bond donors (Lipinski definition) is 1. The molecule has 0 unspecified atom stereocenters. The molecule has 34 heavy (non-hydrogen) atoms. The maximum absolute atomic E-state index is 13.2. The van der Waals surface area contributed by atoms with Crippen molar-refractivity contribution in [2.24, 2.45) is 7.05 Å². The lowest BCUT2D eigenvalue weighted by Crippen LogP contribution is -2.28. The number of esters is 1. The van der Waals surface area contributed by atoms with Crippen LogP contribution >= 0.6 is 11.6 Å². The molecule has 0 atom stereocenters. The predicted molar refractivity (Wildman–Crippen MR) is 132 cm³/mol. The van der Waals surface area contributed by atoms with E-state index in [4.69, 9.17) is 21.1 Å². The standard InChI is InChI=1S/C26H21ClN2O5/c1-29-24(26(32)34-15-22(30)28-18-6-5-7-19(14-18)33-2)23(16-10-12-17(27)13-11-16)20-8-3-4-9-21(20)25(29)31/h3-14H,15H2,1-2H3,(H,28,30). The molecule has 0 radical (unpaired) electrons. The number of fused-ring (bicyclic) bond motifs is 1. The van der Waals surface area contributed by atoms with E-state index in [9.17, 15) is 14.4 Å². The van der Waals surface area contributed by atoms with Gasteiger partial charge in [0.1, 0.15) is 11.4 Å². The highest BCUT2D eigenvalue weighted by molar-refractivity contribution is 6.30. The van der Waals surface area contributed by atoms with Gasteiger partial charge in [0.25, 0.3) is 11.5 Å². The zero-order valence-electron chi connectivity index (χ0n) is 18.5. The Labute approximate surface area is 200 Å². The summed E-state index contributed by atoms with van der Waals surface area (Å²) in [6.45, 7) is -0.531. The van der Waals surface area contributed by atoms with Gasteiger partial charge in [-0.25, -0.2) is 4.79 Å². The van der Waals surface area contributed by atoms with Crippen molar-refractivity contribution in [2.45, 2.75) is 0 Å². The van der Waals surface area contributed by atoms with E-state index in [1.54, 1.807) is 72.8 Å². The second-order valence-corrected chi connectivity index (χ2v) is 7.93. The molecular formula is C26H21ClN2O5. The number of anilines is 1. The van der Waals surface area contributed by atoms with Gasteiger partial charge in [-0.3, -0.25) is 9.59 Å². The molecule has 4 aromatic rings. The Morgan fingerprint density at radius 1 is 0.971 bits per heavy atom. The van der Waals surface area contributed by atoms with Crippen molar-refractivity contribution >= 4 is 39.9 Å². The molecule has 3 aromatic carbocycles. The Morgan fingerprint density at radius 2 is 1.68 bits per heavy atom. The van der Waals surface area contributed by atoms with Crippen molar-refractivity contribution in [1.29, 1.82) is 0 Å². The van der Waals surface area contributed by atoms with Crippen LogP contribution in [0, 0.1) is 0 Å². The van der Waals surface area contributed by atoms with Gasteiger partial charge in [-0.15, -0.1) is 0 Å². The van der Waals surface area contributed by atoms with Gasteiger partial charge in [-0.05, 0) is 41.3 Å². The third-order valence-corrected chi connectivity index (χ3v) is 5.57. The molecule has 0 aliphatic carbocycles. The average molecular weight is 477 g/mol. The number of ether oxygens (including phenoxy) is 2. The van der Waals surface area contributed by atoms with Crippen molar-refractivity contribution in [3.05, 3.63) is 93.9 Å². The van der Waals surface area contributed by atoms with Crippen LogP contribution in [0.4, 0.5) is 5.69 Å². The van der Waals surface area contributed by atoms with Crippen LogP contribution in [0.2, 0.25) is 5.02 Å². The first-order valence-electron chi connectivity index (χ1n) is 10.4. The van der Waals surface area contributed by atoms with Crippen LogP contribution in [0.15, 0.2) is 77.6 Å². The Balaban J connectivity index is 1.67. The summed E-state index contributed by atoms with van der Waals surface area (Å²) in [5.41, 5.74) is 1.40. The maximum Gasteiger partial charge on any atom is 0.356 e. The van der Waals surface area contributed by atoms with E-state index < -0.39 is 18.5 Å². The molecule has 8 heteroatoms. The van der Waals surface area contributed by atoms with E-state index in [2.05, 4.69) is 5.32 Å². The Morgan fingerprint density at radius 3 is 2.38 bits per heavy atom. The lowest BCUT2D eigenvalue weighted by atomic mass is 9.97. The topological polar surface area (TPSA) is 86.6 Å². The predicted octanol–water partition coefficient (Wildman–Crippen LogP) is 4.66. The van der Waals surface area contributed by atoms with Gasteiger partial charge in [0.2, 0.25) is 0 Å². The number of nitrogens with one attached hydrogen (secondary N) is 1. The van der Waals surface area contributed by atoms with Gasteiger partial charge in [0.05, 0.1) is 7.11 Å². The van der Waals surface area contributed by atoms with Crippen molar-refractivity contribution < 1.29 is 19.1 Å². The number of rotatable bonds is 6. The normalized spacial score (nSPS) is 10.7. The van der Waals surface area contributed by atoms with Gasteiger partial charge in [0.15, 0.2) is 6.61 Å². The second kappa shape index (κ2) is 9.80. The zero-order chi connectivity index (χ0) is 24.2. The van der Waals surface area contributed by atoms with Crippen molar-refractivity contribution in [2.75, 3.05) is 19.0 Å². The van der Waals surface area contributed by atoms with Crippen molar-refractivity contribution in [3.63, 3.8) is 0 Å². The molecule has 0 spiro atoms. The molecule has 4 rings (SSSR count). The van der Waals surface area contributed by atoms with E-state index in [1.165, 1.54) is 18.7 Å². The Kier molecular flexibility index (Phi) is 6.65. The summed E-state index contributed by atoms with van der Waals surface area (Å²) in [4.78, 5) is 38.5. The third-order valence-electron chi connectivity index (χ3n) is 5.32. The lowest BCUT2D eigenvalue weighted by Gasteiger charge is -2.17. The Bertz CT molecular complexity index is 1440. The molecule has 0 fully saturated rings. The highest BCUT2D eigenvalue weighted by Crippen LogP contribution is 2.31. The number of halogens is 1. The minimum Gasteiger partial charge on any atom is -0.497 e. The molecular weight excluding hydrogens is 456 g/mol. The van der Waals surface area contributed by atoms with Crippen molar-refractivity contribution in [3.8, 4) is 16.9 Å². The molecule has 1 heterocycles. The Hall–Kier alpha value is -4.10. The molecule has 1 N–H and O–H groups in total. The van der Waals surface area contributed by atoms with Gasteiger partial charge >= 0.3 is 5.97 Å². The molecule has 0 saturated heterocycles. The minimum absolute atomic E-state index is 0.0419. The van der Waals surface area contributed by atoms with E-state index in [0.717, 1.165) is 0 Å². The fraction of sp³-hybridized carbons (Fsp3) is 0.115. The second-order valence-electron chi connectivity index (χ2n) is 7.50. The van der Waals surface area contributed by atoms with E-state index in [-0.39, 0.29) is 11.3 Å². The first-order chi connectivity index (χ1) is 16.4. The number of pyridine rings is 1. The fourth-order valence-corrected chi connectivity index (χ4v) is 3.84. The van der Waals surface area contributed by atoms with E-state index in [0.29, 0.717) is 38.4 Å². The van der Waals surface area contributed by atoms with Crippen molar-refractivity contribution in [1.82, 2.24) is 4.57 Å². The summed E-state index contributed by atoms with van der Waals surface area (Å²) in [7, 11) is 3.02. The molecule has 0 bridgehead atoms. The summed E-state index contributed by atoms with van der Waals surface area (Å²) in [5, 5.41) is 4.25. The molecule has 1 amide bonds. The average Bonchev–Trinajstić information content (AvgIpc) is 2.85. The quantitative estimate of drug-likeness (QED) is 0.409. The number of carbonyl (C=O) groups is 2. The molecule has 172 valence electrons. The number of aromatic nitrogens is 1. The van der Waals surface area contributed by atoms with Crippen LogP contribution in [0.1, 0.15) is 10.5 Å². The molecule has 0 saturated carbocycles. The van der Waals surface area contributed by atoms with Gasteiger partial charge in [-0.1, -0.05) is 48.0 Å². The molecule has 7 nitrogen and oxygen atoms in total.